The number of nitrogen functional groups attached to an aromatic ring is 1. The van der Waals surface area contributed by atoms with E-state index >= 15 is 0 Å². The SMILES string of the molecule is CC1CN(Cc2cccnc2N)CCCO1. The fourth-order valence-electron chi connectivity index (χ4n) is 2.05. The van der Waals surface area contributed by atoms with Crippen LogP contribution in [0.3, 0.4) is 0 Å². The van der Waals surface area contributed by atoms with E-state index in [2.05, 4.69) is 16.8 Å². The Bertz CT molecular complexity index is 343. The molecule has 0 saturated carbocycles. The zero-order valence-electron chi connectivity index (χ0n) is 9.72. The normalized spacial score (nSPS) is 22.9. The van der Waals surface area contributed by atoms with Gasteiger partial charge in [0.1, 0.15) is 5.82 Å². The Morgan fingerprint density at radius 3 is 3.31 bits per heavy atom. The molecule has 4 nitrogen and oxygen atoms in total. The molecular weight excluding hydrogens is 202 g/mol. The predicted molar refractivity (Wildman–Crippen MR) is 64.0 cm³/mol. The molecule has 16 heavy (non-hydrogen) atoms. The maximum Gasteiger partial charge on any atom is 0.127 e. The minimum absolute atomic E-state index is 0.306. The van der Waals surface area contributed by atoms with Crippen LogP contribution in [0.15, 0.2) is 18.3 Å². The number of ether oxygens (including phenoxy) is 1. The lowest BCUT2D eigenvalue weighted by Gasteiger charge is -2.22. The summed E-state index contributed by atoms with van der Waals surface area (Å²) in [6, 6.07) is 3.97. The van der Waals surface area contributed by atoms with Crippen molar-refractivity contribution in [3.05, 3.63) is 23.9 Å². The van der Waals surface area contributed by atoms with Gasteiger partial charge in [-0.3, -0.25) is 4.90 Å². The molecule has 2 rings (SSSR count). The Hall–Kier alpha value is -1.13. The number of nitrogens with two attached hydrogens (primary N) is 1. The van der Waals surface area contributed by atoms with E-state index in [0.29, 0.717) is 11.9 Å². The summed E-state index contributed by atoms with van der Waals surface area (Å²) in [7, 11) is 0. The highest BCUT2D eigenvalue weighted by Crippen LogP contribution is 2.13. The Morgan fingerprint density at radius 2 is 2.50 bits per heavy atom. The van der Waals surface area contributed by atoms with Crippen molar-refractivity contribution in [2.75, 3.05) is 25.4 Å². The van der Waals surface area contributed by atoms with E-state index in [1.165, 1.54) is 0 Å². The van der Waals surface area contributed by atoms with Crippen molar-refractivity contribution in [1.82, 2.24) is 9.88 Å². The van der Waals surface area contributed by atoms with Gasteiger partial charge in [-0.2, -0.15) is 0 Å². The van der Waals surface area contributed by atoms with Crippen LogP contribution in [0, 0.1) is 0 Å². The second-order valence-electron chi connectivity index (χ2n) is 4.32. The molecule has 0 aliphatic carbocycles. The van der Waals surface area contributed by atoms with Gasteiger partial charge in [-0.05, 0) is 19.4 Å². The number of pyridine rings is 1. The first kappa shape index (κ1) is 11.4. The van der Waals surface area contributed by atoms with Gasteiger partial charge in [0, 0.05) is 38.0 Å². The summed E-state index contributed by atoms with van der Waals surface area (Å²) >= 11 is 0. The molecular formula is C12H19N3O. The van der Waals surface area contributed by atoms with Gasteiger partial charge in [0.25, 0.3) is 0 Å². The van der Waals surface area contributed by atoms with E-state index in [9.17, 15) is 0 Å². The van der Waals surface area contributed by atoms with Gasteiger partial charge in [-0.25, -0.2) is 4.98 Å². The number of anilines is 1. The fourth-order valence-corrected chi connectivity index (χ4v) is 2.05. The highest BCUT2D eigenvalue weighted by molar-refractivity contribution is 5.38. The molecule has 2 N–H and O–H groups in total. The maximum absolute atomic E-state index is 5.84. The number of hydrogen-bond acceptors (Lipinski definition) is 4. The third-order valence-corrected chi connectivity index (χ3v) is 2.86. The zero-order valence-corrected chi connectivity index (χ0v) is 9.72. The molecule has 1 aliphatic heterocycles. The molecule has 1 unspecified atom stereocenters. The minimum Gasteiger partial charge on any atom is -0.383 e. The molecule has 1 aromatic heterocycles. The van der Waals surface area contributed by atoms with Gasteiger partial charge in [-0.15, -0.1) is 0 Å². The molecule has 1 saturated heterocycles. The maximum atomic E-state index is 5.84. The lowest BCUT2D eigenvalue weighted by molar-refractivity contribution is 0.0668. The van der Waals surface area contributed by atoms with Gasteiger partial charge in [0.15, 0.2) is 0 Å². The Balaban J connectivity index is 2.00. The molecule has 1 aliphatic rings. The zero-order chi connectivity index (χ0) is 11.4. The molecule has 0 aromatic carbocycles. The Morgan fingerprint density at radius 1 is 1.62 bits per heavy atom. The topological polar surface area (TPSA) is 51.4 Å². The number of nitrogens with zero attached hydrogens (tertiary/aromatic N) is 2. The van der Waals surface area contributed by atoms with Gasteiger partial charge >= 0.3 is 0 Å². The van der Waals surface area contributed by atoms with Gasteiger partial charge in [0.05, 0.1) is 6.10 Å². The summed E-state index contributed by atoms with van der Waals surface area (Å²) in [6.45, 7) is 5.88. The van der Waals surface area contributed by atoms with Crippen molar-refractivity contribution >= 4 is 5.82 Å². The monoisotopic (exact) mass is 221 g/mol. The van der Waals surface area contributed by atoms with Crippen LogP contribution >= 0.6 is 0 Å². The summed E-state index contributed by atoms with van der Waals surface area (Å²) in [6.07, 6.45) is 3.12. The van der Waals surface area contributed by atoms with Crippen molar-refractivity contribution in [3.8, 4) is 0 Å². The van der Waals surface area contributed by atoms with E-state index in [0.717, 1.165) is 38.2 Å². The van der Waals surface area contributed by atoms with Crippen molar-refractivity contribution in [1.29, 1.82) is 0 Å². The molecule has 0 bridgehead atoms. The lowest BCUT2D eigenvalue weighted by Crippen LogP contribution is -2.30. The van der Waals surface area contributed by atoms with E-state index in [1.54, 1.807) is 6.20 Å². The highest BCUT2D eigenvalue weighted by Gasteiger charge is 2.15. The van der Waals surface area contributed by atoms with Crippen LogP contribution in [-0.4, -0.2) is 35.7 Å². The second-order valence-corrected chi connectivity index (χ2v) is 4.32. The van der Waals surface area contributed by atoms with Crippen molar-refractivity contribution < 1.29 is 4.74 Å². The second kappa shape index (κ2) is 5.27. The van der Waals surface area contributed by atoms with Crippen LogP contribution in [-0.2, 0) is 11.3 Å². The minimum atomic E-state index is 0.306. The van der Waals surface area contributed by atoms with Gasteiger partial charge in [-0.1, -0.05) is 6.07 Å². The van der Waals surface area contributed by atoms with Crippen LogP contribution in [0.5, 0.6) is 0 Å². The molecule has 1 aromatic rings. The van der Waals surface area contributed by atoms with E-state index in [1.807, 2.05) is 12.1 Å². The molecule has 2 heterocycles. The summed E-state index contributed by atoms with van der Waals surface area (Å²) in [5, 5.41) is 0. The number of hydrogen-bond donors (Lipinski definition) is 1. The van der Waals surface area contributed by atoms with Crippen molar-refractivity contribution in [2.24, 2.45) is 0 Å². The summed E-state index contributed by atoms with van der Waals surface area (Å²) < 4.78 is 5.61. The molecule has 88 valence electrons. The number of rotatable bonds is 2. The number of aromatic nitrogens is 1. The average Bonchev–Trinajstić information content (AvgIpc) is 2.46. The largest absolute Gasteiger partial charge is 0.383 e. The fraction of sp³-hybridized carbons (Fsp3) is 0.583. The van der Waals surface area contributed by atoms with E-state index in [-0.39, 0.29) is 0 Å². The highest BCUT2D eigenvalue weighted by atomic mass is 16.5. The quantitative estimate of drug-likeness (QED) is 0.817. The molecule has 0 amide bonds. The van der Waals surface area contributed by atoms with Crippen LogP contribution in [0.25, 0.3) is 0 Å². The first-order chi connectivity index (χ1) is 7.75. The first-order valence-corrected chi connectivity index (χ1v) is 5.79. The third-order valence-electron chi connectivity index (χ3n) is 2.86. The molecule has 1 fully saturated rings. The van der Waals surface area contributed by atoms with Gasteiger partial charge in [0.2, 0.25) is 0 Å². The molecule has 0 spiro atoms. The molecule has 0 radical (unpaired) electrons. The van der Waals surface area contributed by atoms with Crippen LogP contribution < -0.4 is 5.73 Å². The third kappa shape index (κ3) is 2.93. The van der Waals surface area contributed by atoms with Crippen LogP contribution in [0.4, 0.5) is 5.82 Å². The van der Waals surface area contributed by atoms with Crippen molar-refractivity contribution in [3.63, 3.8) is 0 Å². The van der Waals surface area contributed by atoms with Crippen molar-refractivity contribution in [2.45, 2.75) is 26.0 Å². The summed E-state index contributed by atoms with van der Waals surface area (Å²) in [5.74, 6) is 0.639. The smallest absolute Gasteiger partial charge is 0.127 e. The predicted octanol–water partition coefficient (Wildman–Crippen LogP) is 1.27. The lowest BCUT2D eigenvalue weighted by atomic mass is 10.2. The average molecular weight is 221 g/mol. The Labute approximate surface area is 96.4 Å². The standard InChI is InChI=1S/C12H19N3O/c1-10-8-15(6-3-7-16-10)9-11-4-2-5-14-12(11)13/h2,4-5,10H,3,6-9H2,1H3,(H2,13,14). The summed E-state index contributed by atoms with van der Waals surface area (Å²) in [4.78, 5) is 6.49. The van der Waals surface area contributed by atoms with Gasteiger partial charge < -0.3 is 10.5 Å². The molecule has 4 heteroatoms. The first-order valence-electron chi connectivity index (χ1n) is 5.79. The van der Waals surface area contributed by atoms with E-state index < -0.39 is 0 Å². The van der Waals surface area contributed by atoms with Crippen LogP contribution in [0.2, 0.25) is 0 Å². The van der Waals surface area contributed by atoms with E-state index in [4.69, 9.17) is 10.5 Å². The summed E-state index contributed by atoms with van der Waals surface area (Å²) in [5.41, 5.74) is 6.95. The van der Waals surface area contributed by atoms with Crippen LogP contribution in [0.1, 0.15) is 18.9 Å². The molecule has 1 atom stereocenters. The Kier molecular flexibility index (Phi) is 3.74.